The standard InChI is InChI=1S/C18H20F2N2O2S/c1-3-10-21-18(25)22-13-6-9-16(24-17(19)20)15(11-13)12-4-7-14(23-2)8-5-12/h4-9,11,17H,3,10H2,1-2H3,(H2,21,22,25). The molecular weight excluding hydrogens is 346 g/mol. The van der Waals surface area contributed by atoms with E-state index in [4.69, 9.17) is 17.0 Å². The van der Waals surface area contributed by atoms with Crippen molar-refractivity contribution in [2.45, 2.75) is 20.0 Å². The third-order valence-corrected chi connectivity index (χ3v) is 3.64. The molecule has 0 aliphatic carbocycles. The van der Waals surface area contributed by atoms with Gasteiger partial charge in [0.25, 0.3) is 0 Å². The molecule has 0 atom stereocenters. The molecule has 134 valence electrons. The number of rotatable bonds is 7. The highest BCUT2D eigenvalue weighted by Gasteiger charge is 2.13. The molecule has 0 aliphatic rings. The van der Waals surface area contributed by atoms with Crippen molar-refractivity contribution in [1.29, 1.82) is 0 Å². The maximum absolute atomic E-state index is 12.7. The third kappa shape index (κ3) is 5.56. The summed E-state index contributed by atoms with van der Waals surface area (Å²) in [5.41, 5.74) is 1.94. The molecule has 0 saturated carbocycles. The second-order valence-corrected chi connectivity index (χ2v) is 5.61. The molecule has 0 bridgehead atoms. The van der Waals surface area contributed by atoms with Gasteiger partial charge in [-0.1, -0.05) is 19.1 Å². The molecule has 2 N–H and O–H groups in total. The third-order valence-electron chi connectivity index (χ3n) is 3.39. The summed E-state index contributed by atoms with van der Waals surface area (Å²) >= 11 is 5.21. The first kappa shape index (κ1) is 18.9. The lowest BCUT2D eigenvalue weighted by atomic mass is 10.0. The zero-order valence-electron chi connectivity index (χ0n) is 14.0. The number of ether oxygens (including phenoxy) is 2. The lowest BCUT2D eigenvalue weighted by Gasteiger charge is -2.15. The molecular formula is C18H20F2N2O2S. The maximum atomic E-state index is 12.7. The molecule has 0 saturated heterocycles. The van der Waals surface area contributed by atoms with Crippen molar-refractivity contribution in [1.82, 2.24) is 5.32 Å². The molecule has 0 heterocycles. The predicted octanol–water partition coefficient (Wildman–Crippen LogP) is 4.66. The zero-order valence-corrected chi connectivity index (χ0v) is 14.8. The van der Waals surface area contributed by atoms with E-state index in [0.717, 1.165) is 18.5 Å². The lowest BCUT2D eigenvalue weighted by molar-refractivity contribution is -0.0494. The average Bonchev–Trinajstić information content (AvgIpc) is 2.61. The summed E-state index contributed by atoms with van der Waals surface area (Å²) < 4.78 is 35.2. The Labute approximate surface area is 151 Å². The fourth-order valence-corrected chi connectivity index (χ4v) is 2.44. The minimum absolute atomic E-state index is 0.0955. The monoisotopic (exact) mass is 366 g/mol. The van der Waals surface area contributed by atoms with Gasteiger partial charge in [0.05, 0.1) is 7.11 Å². The Morgan fingerprint density at radius 2 is 1.88 bits per heavy atom. The largest absolute Gasteiger partial charge is 0.497 e. The molecule has 7 heteroatoms. The summed E-state index contributed by atoms with van der Waals surface area (Å²) in [6, 6.07) is 11.9. The van der Waals surface area contributed by atoms with Crippen LogP contribution >= 0.6 is 12.2 Å². The van der Waals surface area contributed by atoms with Gasteiger partial charge in [-0.2, -0.15) is 8.78 Å². The second kappa shape index (κ2) is 9.17. The van der Waals surface area contributed by atoms with Crippen molar-refractivity contribution in [3.05, 3.63) is 42.5 Å². The first-order valence-electron chi connectivity index (χ1n) is 7.81. The summed E-state index contributed by atoms with van der Waals surface area (Å²) in [6.45, 7) is -0.111. The Balaban J connectivity index is 2.31. The van der Waals surface area contributed by atoms with Gasteiger partial charge in [-0.3, -0.25) is 0 Å². The first-order chi connectivity index (χ1) is 12.0. The number of alkyl halides is 2. The molecule has 0 fully saturated rings. The van der Waals surface area contributed by atoms with E-state index in [1.54, 1.807) is 43.5 Å². The summed E-state index contributed by atoms with van der Waals surface area (Å²) in [5.74, 6) is 0.775. The molecule has 2 aromatic rings. The van der Waals surface area contributed by atoms with Crippen LogP contribution in [0.2, 0.25) is 0 Å². The normalized spacial score (nSPS) is 10.4. The average molecular weight is 366 g/mol. The van der Waals surface area contributed by atoms with Gasteiger partial charge in [0.2, 0.25) is 0 Å². The molecule has 2 rings (SSSR count). The van der Waals surface area contributed by atoms with Crippen molar-refractivity contribution in [2.24, 2.45) is 0 Å². The van der Waals surface area contributed by atoms with E-state index in [-0.39, 0.29) is 5.75 Å². The van der Waals surface area contributed by atoms with Crippen molar-refractivity contribution < 1.29 is 18.3 Å². The van der Waals surface area contributed by atoms with Crippen LogP contribution in [0.5, 0.6) is 11.5 Å². The van der Waals surface area contributed by atoms with Crippen molar-refractivity contribution in [3.63, 3.8) is 0 Å². The quantitative estimate of drug-likeness (QED) is 0.698. The minimum atomic E-state index is -2.90. The summed E-state index contributed by atoms with van der Waals surface area (Å²) in [7, 11) is 1.56. The minimum Gasteiger partial charge on any atom is -0.497 e. The summed E-state index contributed by atoms with van der Waals surface area (Å²) in [5, 5.41) is 6.57. The van der Waals surface area contributed by atoms with E-state index in [0.29, 0.717) is 22.1 Å². The molecule has 0 spiro atoms. The highest BCUT2D eigenvalue weighted by molar-refractivity contribution is 7.80. The number of hydrogen-bond acceptors (Lipinski definition) is 3. The number of anilines is 1. The molecule has 2 aromatic carbocycles. The second-order valence-electron chi connectivity index (χ2n) is 5.20. The van der Waals surface area contributed by atoms with E-state index in [1.807, 2.05) is 6.92 Å². The van der Waals surface area contributed by atoms with E-state index in [1.165, 1.54) is 6.07 Å². The zero-order chi connectivity index (χ0) is 18.2. The van der Waals surface area contributed by atoms with Gasteiger partial charge >= 0.3 is 6.61 Å². The van der Waals surface area contributed by atoms with Crippen LogP contribution < -0.4 is 20.1 Å². The highest BCUT2D eigenvalue weighted by atomic mass is 32.1. The number of benzene rings is 2. The highest BCUT2D eigenvalue weighted by Crippen LogP contribution is 2.34. The Kier molecular flexibility index (Phi) is 6.94. The number of thiocarbonyl (C=S) groups is 1. The smallest absolute Gasteiger partial charge is 0.387 e. The molecule has 0 radical (unpaired) electrons. The maximum Gasteiger partial charge on any atom is 0.387 e. The van der Waals surface area contributed by atoms with E-state index in [2.05, 4.69) is 15.4 Å². The van der Waals surface area contributed by atoms with Gasteiger partial charge in [0.1, 0.15) is 11.5 Å². The van der Waals surface area contributed by atoms with Gasteiger partial charge in [-0.05, 0) is 54.5 Å². The first-order valence-corrected chi connectivity index (χ1v) is 8.22. The number of nitrogens with one attached hydrogen (secondary N) is 2. The van der Waals surface area contributed by atoms with Gasteiger partial charge in [0.15, 0.2) is 5.11 Å². The van der Waals surface area contributed by atoms with Crippen molar-refractivity contribution in [2.75, 3.05) is 19.0 Å². The van der Waals surface area contributed by atoms with Crippen LogP contribution in [0.15, 0.2) is 42.5 Å². The van der Waals surface area contributed by atoms with Crippen molar-refractivity contribution >= 4 is 23.0 Å². The molecule has 0 aliphatic heterocycles. The van der Waals surface area contributed by atoms with Gasteiger partial charge in [0, 0.05) is 17.8 Å². The number of hydrogen-bond donors (Lipinski definition) is 2. The van der Waals surface area contributed by atoms with Crippen LogP contribution in [0.4, 0.5) is 14.5 Å². The van der Waals surface area contributed by atoms with Crippen LogP contribution in [0.3, 0.4) is 0 Å². The van der Waals surface area contributed by atoms with E-state index >= 15 is 0 Å². The van der Waals surface area contributed by atoms with Crippen molar-refractivity contribution in [3.8, 4) is 22.6 Å². The van der Waals surface area contributed by atoms with Crippen LogP contribution in [0.1, 0.15) is 13.3 Å². The molecule has 25 heavy (non-hydrogen) atoms. The fourth-order valence-electron chi connectivity index (χ4n) is 2.22. The number of methoxy groups -OCH3 is 1. The Hall–Kier alpha value is -2.41. The topological polar surface area (TPSA) is 42.5 Å². The number of halogens is 2. The van der Waals surface area contributed by atoms with Crippen LogP contribution in [0, 0.1) is 0 Å². The van der Waals surface area contributed by atoms with Gasteiger partial charge < -0.3 is 20.1 Å². The molecule has 0 unspecified atom stereocenters. The Morgan fingerprint density at radius 1 is 1.16 bits per heavy atom. The lowest BCUT2D eigenvalue weighted by Crippen LogP contribution is -2.28. The van der Waals surface area contributed by atoms with Gasteiger partial charge in [-0.15, -0.1) is 0 Å². The SMILES string of the molecule is CCCNC(=S)Nc1ccc(OC(F)F)c(-c2ccc(OC)cc2)c1. The Bertz CT molecular complexity index is 709. The Morgan fingerprint density at radius 3 is 2.48 bits per heavy atom. The summed E-state index contributed by atoms with van der Waals surface area (Å²) in [6.07, 6.45) is 0.945. The van der Waals surface area contributed by atoms with Crippen LogP contribution in [-0.4, -0.2) is 25.4 Å². The molecule has 0 amide bonds. The van der Waals surface area contributed by atoms with Crippen LogP contribution in [-0.2, 0) is 0 Å². The van der Waals surface area contributed by atoms with Crippen LogP contribution in [0.25, 0.3) is 11.1 Å². The molecule has 0 aromatic heterocycles. The molecule has 4 nitrogen and oxygen atoms in total. The van der Waals surface area contributed by atoms with E-state index in [9.17, 15) is 8.78 Å². The predicted molar refractivity (Wildman–Crippen MR) is 99.6 cm³/mol. The van der Waals surface area contributed by atoms with E-state index < -0.39 is 6.61 Å². The van der Waals surface area contributed by atoms with Gasteiger partial charge in [-0.25, -0.2) is 0 Å². The summed E-state index contributed by atoms with van der Waals surface area (Å²) in [4.78, 5) is 0. The fraction of sp³-hybridized carbons (Fsp3) is 0.278.